The number of carbonyl (C=O) groups excluding carboxylic acids is 1. The molecule has 5 heteroatoms. The number of nitrogens with two attached hydrogens (primary N) is 1. The lowest BCUT2D eigenvalue weighted by molar-refractivity contribution is 0.102. The van der Waals surface area contributed by atoms with E-state index >= 15 is 0 Å². The van der Waals surface area contributed by atoms with Crippen molar-refractivity contribution in [1.82, 2.24) is 0 Å². The largest absolute Gasteiger partial charge is 0.399 e. The molecular formula is C15H15NO3S. The fourth-order valence-electron chi connectivity index (χ4n) is 1.75. The van der Waals surface area contributed by atoms with E-state index in [0.717, 1.165) is 5.56 Å². The number of nitrogen functional groups attached to an aromatic ring is 1. The van der Waals surface area contributed by atoms with Gasteiger partial charge >= 0.3 is 0 Å². The van der Waals surface area contributed by atoms with Crippen molar-refractivity contribution in [2.24, 2.45) is 0 Å². The number of sulfone groups is 1. The van der Waals surface area contributed by atoms with Crippen LogP contribution in [0, 0.1) is 6.92 Å². The van der Waals surface area contributed by atoms with Gasteiger partial charge in [-0.2, -0.15) is 0 Å². The highest BCUT2D eigenvalue weighted by Gasteiger charge is 2.20. The molecule has 0 aromatic heterocycles. The van der Waals surface area contributed by atoms with Crippen LogP contribution in [0.15, 0.2) is 53.4 Å². The van der Waals surface area contributed by atoms with Crippen LogP contribution in [0.4, 0.5) is 5.69 Å². The summed E-state index contributed by atoms with van der Waals surface area (Å²) < 4.78 is 24.3. The van der Waals surface area contributed by atoms with Crippen LogP contribution in [0.2, 0.25) is 0 Å². The van der Waals surface area contributed by atoms with Crippen molar-refractivity contribution in [1.29, 1.82) is 0 Å². The second-order valence-corrected chi connectivity index (χ2v) is 6.61. The first kappa shape index (κ1) is 14.3. The summed E-state index contributed by atoms with van der Waals surface area (Å²) >= 11 is 0. The standard InChI is InChI=1S/C15H15NO3S/c1-11-2-4-12(5-3-11)15(17)10-20(18,19)14-8-6-13(16)7-9-14/h2-9H,10,16H2,1H3. The molecule has 0 spiro atoms. The third-order valence-corrected chi connectivity index (χ3v) is 4.57. The maximum atomic E-state index is 12.1. The lowest BCUT2D eigenvalue weighted by atomic mass is 10.1. The maximum Gasteiger partial charge on any atom is 0.185 e. The molecule has 0 aliphatic rings. The van der Waals surface area contributed by atoms with Gasteiger partial charge in [-0.3, -0.25) is 4.79 Å². The van der Waals surface area contributed by atoms with Gasteiger partial charge in [0.15, 0.2) is 15.6 Å². The van der Waals surface area contributed by atoms with Crippen LogP contribution in [-0.2, 0) is 9.84 Å². The SMILES string of the molecule is Cc1ccc(C(=O)CS(=O)(=O)c2ccc(N)cc2)cc1. The molecule has 0 aliphatic carbocycles. The van der Waals surface area contributed by atoms with Crippen molar-refractivity contribution in [3.8, 4) is 0 Å². The summed E-state index contributed by atoms with van der Waals surface area (Å²) in [5.41, 5.74) is 7.41. The van der Waals surface area contributed by atoms with Crippen molar-refractivity contribution < 1.29 is 13.2 Å². The smallest absolute Gasteiger partial charge is 0.185 e. The summed E-state index contributed by atoms with van der Waals surface area (Å²) in [5, 5.41) is 0. The summed E-state index contributed by atoms with van der Waals surface area (Å²) in [5.74, 6) is -0.957. The predicted molar refractivity (Wildman–Crippen MR) is 78.4 cm³/mol. The monoisotopic (exact) mass is 289 g/mol. The number of rotatable bonds is 4. The van der Waals surface area contributed by atoms with E-state index in [4.69, 9.17) is 5.73 Å². The molecule has 0 bridgehead atoms. The Balaban J connectivity index is 2.22. The number of aryl methyl sites for hydroxylation is 1. The quantitative estimate of drug-likeness (QED) is 0.691. The topological polar surface area (TPSA) is 77.2 Å². The first-order valence-electron chi connectivity index (χ1n) is 6.07. The molecule has 0 amide bonds. The van der Waals surface area contributed by atoms with E-state index in [1.54, 1.807) is 24.3 Å². The summed E-state index contributed by atoms with van der Waals surface area (Å²) in [7, 11) is -3.64. The van der Waals surface area contributed by atoms with Gasteiger partial charge in [-0.05, 0) is 31.2 Å². The third-order valence-electron chi connectivity index (χ3n) is 2.93. The van der Waals surface area contributed by atoms with Gasteiger partial charge in [0.25, 0.3) is 0 Å². The normalized spacial score (nSPS) is 11.2. The van der Waals surface area contributed by atoms with E-state index in [9.17, 15) is 13.2 Å². The molecule has 2 aromatic rings. The Morgan fingerprint density at radius 1 is 1.00 bits per heavy atom. The number of hydrogen-bond acceptors (Lipinski definition) is 4. The van der Waals surface area contributed by atoms with E-state index < -0.39 is 21.4 Å². The summed E-state index contributed by atoms with van der Waals surface area (Å²) in [6.07, 6.45) is 0. The van der Waals surface area contributed by atoms with Crippen LogP contribution in [0.3, 0.4) is 0 Å². The molecular weight excluding hydrogens is 274 g/mol. The summed E-state index contributed by atoms with van der Waals surface area (Å²) in [6, 6.07) is 12.7. The molecule has 0 atom stereocenters. The van der Waals surface area contributed by atoms with Crippen molar-refractivity contribution in [3.05, 3.63) is 59.7 Å². The summed E-state index contributed by atoms with van der Waals surface area (Å²) in [6.45, 7) is 1.90. The van der Waals surface area contributed by atoms with Crippen molar-refractivity contribution >= 4 is 21.3 Å². The number of benzene rings is 2. The number of anilines is 1. The zero-order chi connectivity index (χ0) is 14.8. The van der Waals surface area contributed by atoms with Crippen LogP contribution in [0.5, 0.6) is 0 Å². The molecule has 0 fully saturated rings. The van der Waals surface area contributed by atoms with Crippen LogP contribution in [0.25, 0.3) is 0 Å². The van der Waals surface area contributed by atoms with Gasteiger partial charge in [0.05, 0.1) is 4.90 Å². The fraction of sp³-hybridized carbons (Fsp3) is 0.133. The number of Topliss-reactive ketones (excluding diaryl/α,β-unsaturated/α-hetero) is 1. The van der Waals surface area contributed by atoms with Gasteiger partial charge in [0.2, 0.25) is 0 Å². The minimum absolute atomic E-state index is 0.104. The van der Waals surface area contributed by atoms with Crippen LogP contribution < -0.4 is 5.73 Å². The molecule has 20 heavy (non-hydrogen) atoms. The van der Waals surface area contributed by atoms with Gasteiger partial charge in [-0.1, -0.05) is 29.8 Å². The highest BCUT2D eigenvalue weighted by Crippen LogP contribution is 2.15. The Labute approximate surface area is 118 Å². The van der Waals surface area contributed by atoms with E-state index in [0.29, 0.717) is 11.3 Å². The van der Waals surface area contributed by atoms with E-state index in [2.05, 4.69) is 0 Å². The van der Waals surface area contributed by atoms with Gasteiger partial charge < -0.3 is 5.73 Å². The average molecular weight is 289 g/mol. The maximum absolute atomic E-state index is 12.1. The van der Waals surface area contributed by atoms with Gasteiger partial charge in [0.1, 0.15) is 5.75 Å². The number of carbonyl (C=O) groups is 1. The molecule has 0 unspecified atom stereocenters. The summed E-state index contributed by atoms with van der Waals surface area (Å²) in [4.78, 5) is 12.1. The molecule has 2 N–H and O–H groups in total. The third kappa shape index (κ3) is 3.24. The average Bonchev–Trinajstić information content (AvgIpc) is 2.39. The second-order valence-electron chi connectivity index (χ2n) is 4.62. The zero-order valence-corrected chi connectivity index (χ0v) is 11.9. The van der Waals surface area contributed by atoms with E-state index in [1.807, 2.05) is 6.92 Å². The first-order chi connectivity index (χ1) is 9.38. The molecule has 2 rings (SSSR count). The fourth-order valence-corrected chi connectivity index (χ4v) is 2.98. The van der Waals surface area contributed by atoms with Crippen molar-refractivity contribution in [2.45, 2.75) is 11.8 Å². The molecule has 0 heterocycles. The second kappa shape index (κ2) is 5.46. The van der Waals surface area contributed by atoms with Crippen LogP contribution in [0.1, 0.15) is 15.9 Å². The number of hydrogen-bond donors (Lipinski definition) is 1. The molecule has 2 aromatic carbocycles. The molecule has 0 saturated heterocycles. The molecule has 0 radical (unpaired) electrons. The first-order valence-corrected chi connectivity index (χ1v) is 7.72. The Morgan fingerprint density at radius 2 is 1.55 bits per heavy atom. The Morgan fingerprint density at radius 3 is 2.10 bits per heavy atom. The Hall–Kier alpha value is -2.14. The molecule has 4 nitrogen and oxygen atoms in total. The van der Waals surface area contributed by atoms with Crippen molar-refractivity contribution in [2.75, 3.05) is 11.5 Å². The predicted octanol–water partition coefficient (Wildman–Crippen LogP) is 2.23. The minimum atomic E-state index is -3.64. The lowest BCUT2D eigenvalue weighted by Gasteiger charge is -2.05. The molecule has 0 aliphatic heterocycles. The molecule has 104 valence electrons. The molecule has 0 saturated carbocycles. The van der Waals surface area contributed by atoms with Crippen LogP contribution >= 0.6 is 0 Å². The zero-order valence-electron chi connectivity index (χ0n) is 11.0. The highest BCUT2D eigenvalue weighted by molar-refractivity contribution is 7.92. The Kier molecular flexibility index (Phi) is 3.90. The van der Waals surface area contributed by atoms with E-state index in [-0.39, 0.29) is 4.90 Å². The van der Waals surface area contributed by atoms with Crippen LogP contribution in [-0.4, -0.2) is 20.0 Å². The van der Waals surface area contributed by atoms with Gasteiger partial charge in [-0.25, -0.2) is 8.42 Å². The lowest BCUT2D eigenvalue weighted by Crippen LogP contribution is -2.16. The Bertz CT molecular complexity index is 717. The number of ketones is 1. The highest BCUT2D eigenvalue weighted by atomic mass is 32.2. The van der Waals surface area contributed by atoms with Gasteiger partial charge in [0, 0.05) is 11.3 Å². The van der Waals surface area contributed by atoms with Crippen molar-refractivity contribution in [3.63, 3.8) is 0 Å². The minimum Gasteiger partial charge on any atom is -0.399 e. The van der Waals surface area contributed by atoms with Gasteiger partial charge in [-0.15, -0.1) is 0 Å². The van der Waals surface area contributed by atoms with E-state index in [1.165, 1.54) is 24.3 Å².